The topological polar surface area (TPSA) is 113 Å². The van der Waals surface area contributed by atoms with Gasteiger partial charge in [-0.3, -0.25) is 9.79 Å². The summed E-state index contributed by atoms with van der Waals surface area (Å²) in [4.78, 5) is 30.4. The van der Waals surface area contributed by atoms with Crippen LogP contribution in [0.5, 0.6) is 5.75 Å². The molecule has 3 aromatic carbocycles. The lowest BCUT2D eigenvalue weighted by Gasteiger charge is -2.26. The van der Waals surface area contributed by atoms with Gasteiger partial charge in [-0.25, -0.2) is 19.3 Å². The number of hydrogen-bond donors (Lipinski definition) is 3. The van der Waals surface area contributed by atoms with Crippen LogP contribution in [0, 0.1) is 33.5 Å². The smallest absolute Gasteiger partial charge is 0.406 e. The number of aldehydes is 1. The molecule has 0 spiro atoms. The van der Waals surface area contributed by atoms with E-state index in [1.54, 1.807) is 70.0 Å². The normalized spacial score (nSPS) is 11.2. The summed E-state index contributed by atoms with van der Waals surface area (Å²) >= 11 is 12.2. The fourth-order valence-electron chi connectivity index (χ4n) is 4.76. The van der Waals surface area contributed by atoms with Gasteiger partial charge in [0.25, 0.3) is 0 Å². The number of halogens is 5. The monoisotopic (exact) mass is 947 g/mol. The largest absolute Gasteiger partial charge is 0.489 e. The van der Waals surface area contributed by atoms with Gasteiger partial charge in [0.15, 0.2) is 5.13 Å². The fourth-order valence-corrected chi connectivity index (χ4v) is 8.25. The van der Waals surface area contributed by atoms with Gasteiger partial charge in [-0.05, 0) is 121 Å². The van der Waals surface area contributed by atoms with Gasteiger partial charge in [0.05, 0.1) is 48.4 Å². The van der Waals surface area contributed by atoms with Crippen molar-refractivity contribution in [3.8, 4) is 16.3 Å². The van der Waals surface area contributed by atoms with Gasteiger partial charge < -0.3 is 20.7 Å². The van der Waals surface area contributed by atoms with E-state index in [0.29, 0.717) is 27.8 Å². The number of aryl methyl sites for hydroxylation is 4. The van der Waals surface area contributed by atoms with Crippen molar-refractivity contribution in [2.75, 3.05) is 23.6 Å². The Kier molecular flexibility index (Phi) is 20.7. The van der Waals surface area contributed by atoms with Crippen LogP contribution in [-0.2, 0) is 6.61 Å². The molecule has 0 atom stereocenters. The maximum absolute atomic E-state index is 13.8. The molecule has 3 heterocycles. The predicted molar refractivity (Wildman–Crippen MR) is 256 cm³/mol. The highest BCUT2D eigenvalue weighted by atomic mass is 35.5. The number of thioether (sulfide) groups is 1. The van der Waals surface area contributed by atoms with E-state index in [9.17, 15) is 22.4 Å². The minimum absolute atomic E-state index is 0.138. The quantitative estimate of drug-likeness (QED) is 0.0323. The van der Waals surface area contributed by atoms with Gasteiger partial charge in [0, 0.05) is 32.9 Å². The number of carbonyl (C=O) groups excluding carboxylic acids is 1. The second-order valence-electron chi connectivity index (χ2n) is 13.3. The highest BCUT2D eigenvalue weighted by Crippen LogP contribution is 2.34. The number of nitrogens with one attached hydrogen (secondary N) is 3. The van der Waals surface area contributed by atoms with Crippen LogP contribution in [0.25, 0.3) is 16.3 Å². The first-order valence-corrected chi connectivity index (χ1v) is 23.0. The predicted octanol–water partition coefficient (Wildman–Crippen LogP) is 13.9. The first-order valence-electron chi connectivity index (χ1n) is 19.0. The molecular formula is C44H50ClF4N7O2S4. The van der Waals surface area contributed by atoms with Crippen molar-refractivity contribution in [2.45, 2.75) is 73.7 Å². The number of alkyl halides is 3. The van der Waals surface area contributed by atoms with E-state index in [1.165, 1.54) is 13.1 Å². The average molecular weight is 949 g/mol. The first kappa shape index (κ1) is 51.7. The van der Waals surface area contributed by atoms with Crippen LogP contribution in [0.15, 0.2) is 82.5 Å². The summed E-state index contributed by atoms with van der Waals surface area (Å²) in [6.45, 7) is 17.9. The molecule has 0 amide bonds. The molecule has 0 radical (unpaired) electrons. The van der Waals surface area contributed by atoms with Crippen molar-refractivity contribution >= 4 is 92.6 Å². The van der Waals surface area contributed by atoms with Crippen molar-refractivity contribution in [3.05, 3.63) is 126 Å². The van der Waals surface area contributed by atoms with E-state index in [-0.39, 0.29) is 12.4 Å². The Labute approximate surface area is 382 Å². The first-order chi connectivity index (χ1) is 29.4. The Balaban J connectivity index is 0.000000274. The molecule has 3 aromatic heterocycles. The standard InChI is InChI=1S/C21H17ClFN3OS2.C16H17N3OS2.C5H10F3N.C2H6/c1-12-20(29-13(2)24-12)19-11-28-21(26-19)25-16-5-7-17(8-6-16)27-10-14-3-4-15(22)9-18(14)23;1-11-16(22-12(2)19-11)15(17-3)9-21-10-18-14-6-4-13(8-20)5-7-14;1-4(2,9-3)5(6,7)8;1-2/h3-9,11H,10H2,1-2H3,(H,25,26);4-9,18H,3,10H2,1-2H3;9H,1-3H3;1-2H3/b;15-9-;;. The van der Waals surface area contributed by atoms with Gasteiger partial charge in [-0.15, -0.1) is 45.8 Å². The summed E-state index contributed by atoms with van der Waals surface area (Å²) in [7, 11) is 1.29. The zero-order valence-electron chi connectivity index (χ0n) is 35.8. The van der Waals surface area contributed by atoms with Crippen molar-refractivity contribution < 1.29 is 27.1 Å². The Bertz CT molecular complexity index is 2360. The molecule has 62 heavy (non-hydrogen) atoms. The molecule has 6 aromatic rings. The third kappa shape index (κ3) is 15.9. The highest BCUT2D eigenvalue weighted by Gasteiger charge is 2.45. The van der Waals surface area contributed by atoms with E-state index in [0.717, 1.165) is 79.2 Å². The summed E-state index contributed by atoms with van der Waals surface area (Å²) in [5, 5.41) is 16.0. The molecule has 0 bridgehead atoms. The van der Waals surface area contributed by atoms with E-state index in [1.807, 2.05) is 88.7 Å². The van der Waals surface area contributed by atoms with E-state index in [4.69, 9.17) is 16.3 Å². The van der Waals surface area contributed by atoms with Crippen LogP contribution in [0.1, 0.15) is 69.9 Å². The maximum atomic E-state index is 13.8. The Morgan fingerprint density at radius 3 is 2.06 bits per heavy atom. The minimum Gasteiger partial charge on any atom is -0.489 e. The second-order valence-corrected chi connectivity index (χ2v) is 17.8. The van der Waals surface area contributed by atoms with Gasteiger partial charge in [-0.2, -0.15) is 13.2 Å². The summed E-state index contributed by atoms with van der Waals surface area (Å²) in [6, 6.07) is 19.4. The average Bonchev–Trinajstić information content (AvgIpc) is 3.95. The lowest BCUT2D eigenvalue weighted by Crippen LogP contribution is -2.49. The van der Waals surface area contributed by atoms with Crippen molar-refractivity contribution in [1.82, 2.24) is 20.3 Å². The molecule has 3 N–H and O–H groups in total. The SMILES string of the molecule is C=N/C(=C\SCNc1ccc(C=O)cc1)c1sc(C)nc1C.CC.CNC(C)(C)C(F)(F)F.Cc1nc(C)c(-c2csc(Nc3ccc(OCc4ccc(Cl)cc4F)cc3)n2)s1. The van der Waals surface area contributed by atoms with Crippen LogP contribution >= 0.6 is 57.4 Å². The van der Waals surface area contributed by atoms with Gasteiger partial charge >= 0.3 is 6.18 Å². The van der Waals surface area contributed by atoms with Crippen molar-refractivity contribution in [1.29, 1.82) is 0 Å². The zero-order valence-corrected chi connectivity index (χ0v) is 39.9. The summed E-state index contributed by atoms with van der Waals surface area (Å²) < 4.78 is 54.8. The number of rotatable bonds is 14. The van der Waals surface area contributed by atoms with Gasteiger partial charge in [-0.1, -0.05) is 31.5 Å². The molecule has 0 unspecified atom stereocenters. The number of ether oxygens (including phenoxy) is 1. The molecular weight excluding hydrogens is 898 g/mol. The van der Waals surface area contributed by atoms with Crippen LogP contribution in [0.3, 0.4) is 0 Å². The van der Waals surface area contributed by atoms with Crippen LogP contribution in [0.4, 0.5) is 34.1 Å². The molecule has 0 aliphatic heterocycles. The highest BCUT2D eigenvalue weighted by molar-refractivity contribution is 8.02. The minimum atomic E-state index is -4.16. The summed E-state index contributed by atoms with van der Waals surface area (Å²) in [6.07, 6.45) is -3.33. The summed E-state index contributed by atoms with van der Waals surface area (Å²) in [5.74, 6) is 0.984. The van der Waals surface area contributed by atoms with Crippen LogP contribution < -0.4 is 20.7 Å². The number of aromatic nitrogens is 3. The number of hydrogen-bond acceptors (Lipinski definition) is 13. The van der Waals surface area contributed by atoms with Gasteiger partial charge in [0.1, 0.15) is 30.0 Å². The van der Waals surface area contributed by atoms with Crippen LogP contribution in [-0.4, -0.2) is 52.6 Å². The number of nitrogens with zero attached hydrogens (tertiary/aromatic N) is 4. The molecule has 9 nitrogen and oxygen atoms in total. The number of carbonyl (C=O) groups is 1. The number of thiazole rings is 3. The Morgan fingerprint density at radius 2 is 1.55 bits per heavy atom. The zero-order chi connectivity index (χ0) is 46.0. The van der Waals surface area contributed by atoms with Crippen molar-refractivity contribution in [3.63, 3.8) is 0 Å². The molecule has 0 saturated carbocycles. The van der Waals surface area contributed by atoms with E-state index < -0.39 is 11.7 Å². The third-order valence-electron chi connectivity index (χ3n) is 8.40. The fraction of sp³-hybridized carbons (Fsp3) is 0.295. The molecule has 0 fully saturated rings. The Hall–Kier alpha value is -4.65. The third-order valence-corrected chi connectivity index (χ3v) is 12.3. The number of aliphatic imine (C=N–C) groups is 1. The maximum Gasteiger partial charge on any atom is 0.406 e. The number of anilines is 3. The molecule has 0 saturated heterocycles. The molecule has 6 rings (SSSR count). The Morgan fingerprint density at radius 1 is 0.919 bits per heavy atom. The van der Waals surface area contributed by atoms with Crippen molar-refractivity contribution in [2.24, 2.45) is 4.99 Å². The summed E-state index contributed by atoms with van der Waals surface area (Å²) in [5.41, 5.74) is 5.01. The molecule has 332 valence electrons. The molecule has 0 aliphatic carbocycles. The van der Waals surface area contributed by atoms with Crippen LogP contribution in [0.2, 0.25) is 5.02 Å². The number of benzene rings is 3. The van der Waals surface area contributed by atoms with E-state index >= 15 is 0 Å². The second kappa shape index (κ2) is 24.8. The lowest BCUT2D eigenvalue weighted by molar-refractivity contribution is -0.184. The van der Waals surface area contributed by atoms with E-state index in [2.05, 4.69) is 42.6 Å². The van der Waals surface area contributed by atoms with Gasteiger partial charge in [0.2, 0.25) is 0 Å². The molecule has 0 aliphatic rings. The lowest BCUT2D eigenvalue weighted by atomic mass is 10.1. The molecule has 18 heteroatoms.